The molecule has 1 saturated heterocycles. The van der Waals surface area contributed by atoms with Gasteiger partial charge >= 0.3 is 0 Å². The van der Waals surface area contributed by atoms with Gasteiger partial charge in [0.25, 0.3) is 0 Å². The van der Waals surface area contributed by atoms with Gasteiger partial charge in [-0.2, -0.15) is 4.31 Å². The van der Waals surface area contributed by atoms with Gasteiger partial charge < -0.3 is 0 Å². The molecule has 1 aliphatic rings. The van der Waals surface area contributed by atoms with E-state index in [9.17, 15) is 8.42 Å². The Hall–Kier alpha value is -1.17. The van der Waals surface area contributed by atoms with Crippen LogP contribution in [0.1, 0.15) is 13.8 Å². The van der Waals surface area contributed by atoms with Crippen molar-refractivity contribution in [2.24, 2.45) is 11.8 Å². The summed E-state index contributed by atoms with van der Waals surface area (Å²) in [7, 11) is -3.43. The summed E-state index contributed by atoms with van der Waals surface area (Å²) < 4.78 is 27.0. The molecule has 2 unspecified atom stereocenters. The maximum absolute atomic E-state index is 12.7. The van der Waals surface area contributed by atoms with Crippen LogP contribution in [0.4, 0.5) is 0 Å². The zero-order valence-corrected chi connectivity index (χ0v) is 13.5. The number of pyridine rings is 1. The largest absolute Gasteiger partial charge is 0.243 e. The molecule has 0 aliphatic carbocycles. The van der Waals surface area contributed by atoms with Crippen molar-refractivity contribution in [3.8, 4) is 0 Å². The van der Waals surface area contributed by atoms with Crippen molar-refractivity contribution >= 4 is 32.5 Å². The highest BCUT2D eigenvalue weighted by Crippen LogP contribution is 2.29. The topological polar surface area (TPSA) is 50.3 Å². The van der Waals surface area contributed by atoms with Crippen molar-refractivity contribution in [1.29, 1.82) is 0 Å². The lowest BCUT2D eigenvalue weighted by Crippen LogP contribution is -2.29. The summed E-state index contributed by atoms with van der Waals surface area (Å²) in [6.45, 7) is 5.35. The first-order valence-electron chi connectivity index (χ1n) is 6.94. The van der Waals surface area contributed by atoms with Crippen molar-refractivity contribution < 1.29 is 8.42 Å². The molecule has 0 bridgehead atoms. The van der Waals surface area contributed by atoms with Gasteiger partial charge in [-0.15, -0.1) is 0 Å². The highest BCUT2D eigenvalue weighted by molar-refractivity contribution is 7.89. The van der Waals surface area contributed by atoms with Crippen LogP contribution in [0.15, 0.2) is 35.2 Å². The Bertz CT molecular complexity index is 781. The highest BCUT2D eigenvalue weighted by atomic mass is 35.5. The number of rotatable bonds is 2. The molecule has 0 saturated carbocycles. The molecule has 0 N–H and O–H groups in total. The summed E-state index contributed by atoms with van der Waals surface area (Å²) in [5.41, 5.74) is 0.699. The standard InChI is InChI=1S/C15H17ClN2O2S/c1-10-8-18(9-11(10)2)21(19,20)13-4-5-14-12(7-13)3-6-15(16)17-14/h3-7,10-11H,8-9H2,1-2H3. The molecule has 112 valence electrons. The van der Waals surface area contributed by atoms with E-state index < -0.39 is 10.0 Å². The summed E-state index contributed by atoms with van der Waals surface area (Å²) in [4.78, 5) is 4.50. The minimum atomic E-state index is -3.43. The third-order valence-electron chi connectivity index (χ3n) is 4.22. The third kappa shape index (κ3) is 2.65. The predicted molar refractivity (Wildman–Crippen MR) is 83.8 cm³/mol. The predicted octanol–water partition coefficient (Wildman–Crippen LogP) is 3.16. The zero-order chi connectivity index (χ0) is 15.2. The monoisotopic (exact) mass is 324 g/mol. The van der Waals surface area contributed by atoms with E-state index in [2.05, 4.69) is 18.8 Å². The van der Waals surface area contributed by atoms with E-state index >= 15 is 0 Å². The Labute approximate surface area is 129 Å². The maximum Gasteiger partial charge on any atom is 0.243 e. The normalized spacial score (nSPS) is 23.8. The van der Waals surface area contributed by atoms with Crippen LogP contribution in [-0.4, -0.2) is 30.8 Å². The van der Waals surface area contributed by atoms with Crippen LogP contribution >= 0.6 is 11.6 Å². The van der Waals surface area contributed by atoms with Crippen LogP contribution in [0.5, 0.6) is 0 Å². The van der Waals surface area contributed by atoms with Crippen LogP contribution in [0.25, 0.3) is 10.9 Å². The van der Waals surface area contributed by atoms with E-state index in [1.807, 2.05) is 0 Å². The number of benzene rings is 1. The molecular weight excluding hydrogens is 308 g/mol. The highest BCUT2D eigenvalue weighted by Gasteiger charge is 2.34. The molecule has 3 rings (SSSR count). The van der Waals surface area contributed by atoms with E-state index in [-0.39, 0.29) is 0 Å². The van der Waals surface area contributed by atoms with Crippen molar-refractivity contribution in [2.75, 3.05) is 13.1 Å². The van der Waals surface area contributed by atoms with E-state index in [1.165, 1.54) is 0 Å². The second-order valence-corrected chi connectivity index (χ2v) is 8.09. The number of sulfonamides is 1. The van der Waals surface area contributed by atoms with Crippen LogP contribution in [0.3, 0.4) is 0 Å². The zero-order valence-electron chi connectivity index (χ0n) is 12.0. The average Bonchev–Trinajstić information content (AvgIpc) is 2.78. The fraction of sp³-hybridized carbons (Fsp3) is 0.400. The molecule has 1 fully saturated rings. The lowest BCUT2D eigenvalue weighted by atomic mass is 10.0. The van der Waals surface area contributed by atoms with Crippen LogP contribution in [0, 0.1) is 11.8 Å². The molecule has 6 heteroatoms. The molecule has 0 spiro atoms. The Balaban J connectivity index is 2.01. The number of fused-ring (bicyclic) bond motifs is 1. The van der Waals surface area contributed by atoms with E-state index in [0.717, 1.165) is 5.39 Å². The average molecular weight is 325 g/mol. The van der Waals surface area contributed by atoms with Gasteiger partial charge in [-0.25, -0.2) is 13.4 Å². The molecule has 2 aromatic rings. The number of hydrogen-bond donors (Lipinski definition) is 0. The number of hydrogen-bond acceptors (Lipinski definition) is 3. The van der Waals surface area contributed by atoms with Gasteiger partial charge in [0, 0.05) is 18.5 Å². The Kier molecular flexibility index (Phi) is 3.67. The lowest BCUT2D eigenvalue weighted by molar-refractivity contribution is 0.463. The van der Waals surface area contributed by atoms with Crippen LogP contribution in [0.2, 0.25) is 5.15 Å². The Morgan fingerprint density at radius 1 is 1.14 bits per heavy atom. The van der Waals surface area contributed by atoms with Crippen molar-refractivity contribution in [3.05, 3.63) is 35.5 Å². The SMILES string of the molecule is CC1CN(S(=O)(=O)c2ccc3nc(Cl)ccc3c2)CC1C. The maximum atomic E-state index is 12.7. The van der Waals surface area contributed by atoms with Crippen molar-refractivity contribution in [2.45, 2.75) is 18.7 Å². The van der Waals surface area contributed by atoms with E-state index in [4.69, 9.17) is 11.6 Å². The van der Waals surface area contributed by atoms with Crippen molar-refractivity contribution in [1.82, 2.24) is 9.29 Å². The van der Waals surface area contributed by atoms with Gasteiger partial charge in [0.1, 0.15) is 5.15 Å². The molecule has 1 aliphatic heterocycles. The molecule has 2 heterocycles. The minimum Gasteiger partial charge on any atom is -0.236 e. The second kappa shape index (κ2) is 5.23. The smallest absolute Gasteiger partial charge is 0.236 e. The van der Waals surface area contributed by atoms with Crippen molar-refractivity contribution in [3.63, 3.8) is 0 Å². The summed E-state index contributed by atoms with van der Waals surface area (Å²) in [5.74, 6) is 0.779. The summed E-state index contributed by atoms with van der Waals surface area (Å²) in [6.07, 6.45) is 0. The van der Waals surface area contributed by atoms with E-state index in [1.54, 1.807) is 34.6 Å². The first-order valence-corrected chi connectivity index (χ1v) is 8.76. The first kappa shape index (κ1) is 14.8. The van der Waals surface area contributed by atoms with Gasteiger partial charge in [0.05, 0.1) is 10.4 Å². The fourth-order valence-corrected chi connectivity index (χ4v) is 4.49. The molecule has 21 heavy (non-hydrogen) atoms. The molecule has 1 aromatic carbocycles. The molecule has 2 atom stereocenters. The van der Waals surface area contributed by atoms with Crippen LogP contribution in [-0.2, 0) is 10.0 Å². The summed E-state index contributed by atoms with van der Waals surface area (Å²) in [5, 5.41) is 1.18. The lowest BCUT2D eigenvalue weighted by Gasteiger charge is -2.16. The number of aromatic nitrogens is 1. The summed E-state index contributed by atoms with van der Waals surface area (Å²) in [6, 6.07) is 8.44. The van der Waals surface area contributed by atoms with E-state index in [0.29, 0.717) is 40.5 Å². The third-order valence-corrected chi connectivity index (χ3v) is 6.26. The first-order chi connectivity index (χ1) is 9.88. The van der Waals surface area contributed by atoms with Gasteiger partial charge in [-0.1, -0.05) is 25.4 Å². The summed E-state index contributed by atoms with van der Waals surface area (Å²) >= 11 is 5.85. The van der Waals surface area contributed by atoms with Gasteiger partial charge in [-0.05, 0) is 42.2 Å². The molecular formula is C15H17ClN2O2S. The molecule has 1 aromatic heterocycles. The fourth-order valence-electron chi connectivity index (χ4n) is 2.66. The molecule has 4 nitrogen and oxygen atoms in total. The van der Waals surface area contributed by atoms with Gasteiger partial charge in [0.2, 0.25) is 10.0 Å². The van der Waals surface area contributed by atoms with Gasteiger partial charge in [-0.3, -0.25) is 0 Å². The molecule has 0 amide bonds. The second-order valence-electron chi connectivity index (χ2n) is 5.77. The molecule has 0 radical (unpaired) electrons. The minimum absolute atomic E-state index is 0.320. The number of halogens is 1. The number of nitrogens with zero attached hydrogens (tertiary/aromatic N) is 2. The van der Waals surface area contributed by atoms with Crippen LogP contribution < -0.4 is 0 Å². The quantitative estimate of drug-likeness (QED) is 0.797. The Morgan fingerprint density at radius 2 is 1.81 bits per heavy atom. The Morgan fingerprint density at radius 3 is 2.48 bits per heavy atom. The van der Waals surface area contributed by atoms with Gasteiger partial charge in [0.15, 0.2) is 0 Å².